The first kappa shape index (κ1) is 3.98. The summed E-state index contributed by atoms with van der Waals surface area (Å²) in [4.78, 5) is 0. The fourth-order valence-corrected chi connectivity index (χ4v) is 1.22. The van der Waals surface area contributed by atoms with Crippen molar-refractivity contribution >= 4 is 31.9 Å². The SMILES string of the molecule is [2H]c1c([2H])c(Br)c(O)c(Br)c1[2H]. The first-order chi connectivity index (χ1) is 5.46. The molecule has 0 bridgehead atoms. The van der Waals surface area contributed by atoms with Gasteiger partial charge in [-0.1, -0.05) is 6.04 Å². The molecule has 1 aromatic rings. The van der Waals surface area contributed by atoms with Crippen molar-refractivity contribution in [2.45, 2.75) is 0 Å². The molecular formula is C6H4Br2O. The van der Waals surface area contributed by atoms with Crippen LogP contribution in [0.5, 0.6) is 5.75 Å². The van der Waals surface area contributed by atoms with Crippen molar-refractivity contribution in [3.05, 3.63) is 27.1 Å². The zero-order valence-electron chi connectivity index (χ0n) is 7.20. The summed E-state index contributed by atoms with van der Waals surface area (Å²) in [7, 11) is 0. The van der Waals surface area contributed by atoms with Crippen LogP contribution in [0.4, 0.5) is 0 Å². The molecule has 0 saturated carbocycles. The standard InChI is InChI=1S/C6H4Br2O/c7-4-2-1-3-5(8)6(4)9/h1-3,9H/i1D,2D,3D. The fraction of sp³-hybridized carbons (Fsp3) is 0. The van der Waals surface area contributed by atoms with Gasteiger partial charge in [-0.05, 0) is 43.9 Å². The van der Waals surface area contributed by atoms with Gasteiger partial charge in [-0.15, -0.1) is 0 Å². The molecule has 0 radical (unpaired) electrons. The van der Waals surface area contributed by atoms with E-state index in [4.69, 9.17) is 4.11 Å². The van der Waals surface area contributed by atoms with Gasteiger partial charge in [0, 0.05) is 0 Å². The van der Waals surface area contributed by atoms with Gasteiger partial charge in [-0.3, -0.25) is 0 Å². The van der Waals surface area contributed by atoms with E-state index in [2.05, 4.69) is 31.9 Å². The summed E-state index contributed by atoms with van der Waals surface area (Å²) < 4.78 is 22.1. The van der Waals surface area contributed by atoms with Gasteiger partial charge in [0.1, 0.15) is 5.75 Å². The highest BCUT2D eigenvalue weighted by Gasteiger charge is 1.98. The van der Waals surface area contributed by atoms with Crippen molar-refractivity contribution in [3.63, 3.8) is 0 Å². The van der Waals surface area contributed by atoms with Crippen LogP contribution in [0.2, 0.25) is 0 Å². The average molecular weight is 255 g/mol. The molecular weight excluding hydrogens is 248 g/mol. The number of phenols is 1. The van der Waals surface area contributed by atoms with E-state index in [1.165, 1.54) is 0 Å². The topological polar surface area (TPSA) is 20.2 Å². The minimum atomic E-state index is -0.216. The van der Waals surface area contributed by atoms with Crippen molar-refractivity contribution in [1.29, 1.82) is 0 Å². The Bertz CT molecular complexity index is 235. The second-order valence-corrected chi connectivity index (χ2v) is 2.94. The van der Waals surface area contributed by atoms with E-state index in [1.807, 2.05) is 0 Å². The third-order valence-corrected chi connectivity index (χ3v) is 1.91. The van der Waals surface area contributed by atoms with Crippen LogP contribution in [-0.2, 0) is 0 Å². The van der Waals surface area contributed by atoms with E-state index in [0.717, 1.165) is 0 Å². The second kappa shape index (κ2) is 2.71. The molecule has 0 unspecified atom stereocenters. The molecule has 0 aliphatic carbocycles. The Labute approximate surface area is 74.2 Å². The number of phenolic OH excluding ortho intramolecular Hbond substituents is 1. The predicted molar refractivity (Wildman–Crippen MR) is 43.5 cm³/mol. The summed E-state index contributed by atoms with van der Waals surface area (Å²) in [6.45, 7) is 0. The van der Waals surface area contributed by atoms with Gasteiger partial charge >= 0.3 is 0 Å². The maximum Gasteiger partial charge on any atom is 0.143 e. The third-order valence-electron chi connectivity index (χ3n) is 0.760. The smallest absolute Gasteiger partial charge is 0.143 e. The van der Waals surface area contributed by atoms with Gasteiger partial charge in [0.2, 0.25) is 0 Å². The lowest BCUT2D eigenvalue weighted by atomic mass is 10.3. The molecule has 1 aromatic carbocycles. The molecule has 3 heteroatoms. The van der Waals surface area contributed by atoms with Crippen LogP contribution < -0.4 is 0 Å². The van der Waals surface area contributed by atoms with Crippen LogP contribution >= 0.6 is 31.9 Å². The van der Waals surface area contributed by atoms with Crippen molar-refractivity contribution in [3.8, 4) is 5.75 Å². The Kier molecular flexibility index (Phi) is 1.20. The molecule has 0 atom stereocenters. The fourth-order valence-electron chi connectivity index (χ4n) is 0.356. The first-order valence-electron chi connectivity index (χ1n) is 3.60. The Balaban J connectivity index is 3.60. The molecule has 0 aliphatic rings. The predicted octanol–water partition coefficient (Wildman–Crippen LogP) is 2.92. The van der Waals surface area contributed by atoms with Gasteiger partial charge in [-0.2, -0.15) is 0 Å². The van der Waals surface area contributed by atoms with Crippen molar-refractivity contribution in [2.24, 2.45) is 0 Å². The molecule has 0 heterocycles. The monoisotopic (exact) mass is 253 g/mol. The highest BCUT2D eigenvalue weighted by Crippen LogP contribution is 2.30. The summed E-state index contributed by atoms with van der Waals surface area (Å²) in [5, 5.41) is 9.28. The van der Waals surface area contributed by atoms with E-state index >= 15 is 0 Å². The Morgan fingerprint density at radius 1 is 1.33 bits per heavy atom. The van der Waals surface area contributed by atoms with E-state index in [-0.39, 0.29) is 32.8 Å². The van der Waals surface area contributed by atoms with Crippen LogP contribution in [0, 0.1) is 0 Å². The minimum absolute atomic E-state index is 0.135. The molecule has 0 fully saturated rings. The first-order valence-corrected chi connectivity index (χ1v) is 3.69. The normalized spacial score (nSPS) is 14.2. The van der Waals surface area contributed by atoms with Gasteiger partial charge < -0.3 is 5.11 Å². The largest absolute Gasteiger partial charge is 0.506 e. The number of hydrogen-bond donors (Lipinski definition) is 1. The molecule has 0 amide bonds. The minimum Gasteiger partial charge on any atom is -0.506 e. The molecule has 1 nitrogen and oxygen atoms in total. The average Bonchev–Trinajstić information content (AvgIpc) is 2.08. The highest BCUT2D eigenvalue weighted by atomic mass is 79.9. The zero-order valence-corrected chi connectivity index (χ0v) is 7.38. The van der Waals surface area contributed by atoms with Gasteiger partial charge in [-0.25, -0.2) is 0 Å². The van der Waals surface area contributed by atoms with E-state index in [1.54, 1.807) is 0 Å². The number of para-hydroxylation sites is 1. The second-order valence-electron chi connectivity index (χ2n) is 1.35. The van der Waals surface area contributed by atoms with Gasteiger partial charge in [0.05, 0.1) is 13.1 Å². The number of hydrogen-bond acceptors (Lipinski definition) is 1. The highest BCUT2D eigenvalue weighted by molar-refractivity contribution is 9.11. The lowest BCUT2D eigenvalue weighted by Gasteiger charge is -1.96. The van der Waals surface area contributed by atoms with Crippen molar-refractivity contribution in [1.82, 2.24) is 0 Å². The zero-order chi connectivity index (χ0) is 9.46. The molecule has 9 heavy (non-hydrogen) atoms. The van der Waals surface area contributed by atoms with Gasteiger partial charge in [0.15, 0.2) is 0 Å². The van der Waals surface area contributed by atoms with Crippen molar-refractivity contribution in [2.75, 3.05) is 0 Å². The molecule has 0 aromatic heterocycles. The number of benzene rings is 1. The van der Waals surface area contributed by atoms with Crippen LogP contribution in [0.1, 0.15) is 4.11 Å². The number of rotatable bonds is 0. The van der Waals surface area contributed by atoms with Crippen molar-refractivity contribution < 1.29 is 9.22 Å². The number of aromatic hydroxyl groups is 1. The van der Waals surface area contributed by atoms with Gasteiger partial charge in [0.25, 0.3) is 0 Å². The lowest BCUT2D eigenvalue weighted by molar-refractivity contribution is 0.468. The molecule has 1 rings (SSSR count). The van der Waals surface area contributed by atoms with Crippen LogP contribution in [-0.4, -0.2) is 5.11 Å². The van der Waals surface area contributed by atoms with Crippen LogP contribution in [0.3, 0.4) is 0 Å². The van der Waals surface area contributed by atoms with Crippen LogP contribution in [0.15, 0.2) is 27.1 Å². The Morgan fingerprint density at radius 3 is 2.22 bits per heavy atom. The molecule has 1 N–H and O–H groups in total. The molecule has 48 valence electrons. The summed E-state index contributed by atoms with van der Waals surface area (Å²) in [5.74, 6) is -0.207. The van der Waals surface area contributed by atoms with Crippen LogP contribution in [0.25, 0.3) is 0 Å². The van der Waals surface area contributed by atoms with E-state index in [9.17, 15) is 5.11 Å². The van der Waals surface area contributed by atoms with E-state index in [0.29, 0.717) is 0 Å². The Hall–Kier alpha value is -0.0200. The van der Waals surface area contributed by atoms with E-state index < -0.39 is 0 Å². The lowest BCUT2D eigenvalue weighted by Crippen LogP contribution is -1.68. The quantitative estimate of drug-likeness (QED) is 0.755. The number of halogens is 2. The summed E-state index contributed by atoms with van der Waals surface area (Å²) >= 11 is 5.89. The Morgan fingerprint density at radius 2 is 1.78 bits per heavy atom. The summed E-state index contributed by atoms with van der Waals surface area (Å²) in [6, 6.07) is -0.576. The molecule has 0 aliphatic heterocycles. The summed E-state index contributed by atoms with van der Waals surface area (Å²) in [5.41, 5.74) is 0. The summed E-state index contributed by atoms with van der Waals surface area (Å²) in [6.07, 6.45) is 0. The molecule has 0 saturated heterocycles. The molecule has 0 spiro atoms. The maximum absolute atomic E-state index is 9.28. The third kappa shape index (κ3) is 1.46. The maximum atomic E-state index is 9.28.